The lowest BCUT2D eigenvalue weighted by molar-refractivity contribution is -0.138. The number of carbonyl (C=O) groups is 2. The van der Waals surface area contributed by atoms with Crippen LogP contribution >= 0.6 is 0 Å². The van der Waals surface area contributed by atoms with Crippen LogP contribution in [0.3, 0.4) is 0 Å². The number of nitrogens with zero attached hydrogens (tertiary/aromatic N) is 2. The SMILES string of the molecule is Cc1ccc(C2=C(N3CCCC3)C(=O)N(Cc3ccco3)C2=O)c(C)c1. The average Bonchev–Trinajstić information content (AvgIpc) is 3.34. The molecule has 0 radical (unpaired) electrons. The molecule has 5 heteroatoms. The van der Waals surface area contributed by atoms with Crippen LogP contribution in [-0.4, -0.2) is 34.7 Å². The van der Waals surface area contributed by atoms with Crippen molar-refractivity contribution in [3.05, 3.63) is 64.7 Å². The number of aryl methyl sites for hydroxylation is 2. The first-order valence-electron chi connectivity index (χ1n) is 9.01. The lowest BCUT2D eigenvalue weighted by Gasteiger charge is -2.20. The lowest BCUT2D eigenvalue weighted by Crippen LogP contribution is -2.33. The normalized spacial score (nSPS) is 17.8. The van der Waals surface area contributed by atoms with Gasteiger partial charge in [-0.3, -0.25) is 14.5 Å². The van der Waals surface area contributed by atoms with Gasteiger partial charge in [-0.2, -0.15) is 0 Å². The van der Waals surface area contributed by atoms with E-state index in [0.29, 0.717) is 17.0 Å². The smallest absolute Gasteiger partial charge is 0.278 e. The molecule has 1 aromatic heterocycles. The molecule has 0 aliphatic carbocycles. The number of imide groups is 1. The Bertz CT molecular complexity index is 890. The lowest BCUT2D eigenvalue weighted by atomic mass is 9.97. The number of furan rings is 1. The number of amides is 2. The van der Waals surface area contributed by atoms with Crippen LogP contribution in [0.5, 0.6) is 0 Å². The Kier molecular flexibility index (Phi) is 4.15. The number of hydrogen-bond donors (Lipinski definition) is 0. The third kappa shape index (κ3) is 2.73. The Labute approximate surface area is 152 Å². The predicted octanol–water partition coefficient (Wildman–Crippen LogP) is 3.27. The van der Waals surface area contributed by atoms with E-state index in [2.05, 4.69) is 11.0 Å². The summed E-state index contributed by atoms with van der Waals surface area (Å²) in [6.07, 6.45) is 3.65. The minimum Gasteiger partial charge on any atom is -0.467 e. The maximum Gasteiger partial charge on any atom is 0.278 e. The zero-order valence-corrected chi connectivity index (χ0v) is 15.1. The fourth-order valence-corrected chi connectivity index (χ4v) is 3.84. The van der Waals surface area contributed by atoms with Crippen LogP contribution in [0.2, 0.25) is 0 Å². The molecular formula is C21H22N2O3. The third-order valence-electron chi connectivity index (χ3n) is 5.11. The first kappa shape index (κ1) is 16.6. The van der Waals surface area contributed by atoms with E-state index in [0.717, 1.165) is 42.6 Å². The van der Waals surface area contributed by atoms with Gasteiger partial charge >= 0.3 is 0 Å². The molecule has 3 heterocycles. The largest absolute Gasteiger partial charge is 0.467 e. The van der Waals surface area contributed by atoms with Gasteiger partial charge in [-0.15, -0.1) is 0 Å². The summed E-state index contributed by atoms with van der Waals surface area (Å²) in [5.74, 6) is 0.151. The molecule has 4 rings (SSSR count). The summed E-state index contributed by atoms with van der Waals surface area (Å²) in [5.41, 5.74) is 4.07. The average molecular weight is 350 g/mol. The van der Waals surface area contributed by atoms with Crippen LogP contribution in [0.15, 0.2) is 46.7 Å². The summed E-state index contributed by atoms with van der Waals surface area (Å²) in [5, 5.41) is 0. The summed E-state index contributed by atoms with van der Waals surface area (Å²) < 4.78 is 5.35. The van der Waals surface area contributed by atoms with Crippen molar-refractivity contribution < 1.29 is 14.0 Å². The molecule has 2 aromatic rings. The van der Waals surface area contributed by atoms with Gasteiger partial charge in [0.2, 0.25) is 0 Å². The molecule has 0 atom stereocenters. The number of benzene rings is 1. The topological polar surface area (TPSA) is 53.8 Å². The maximum atomic E-state index is 13.2. The Morgan fingerprint density at radius 3 is 2.46 bits per heavy atom. The second-order valence-electron chi connectivity index (χ2n) is 7.01. The molecule has 1 saturated heterocycles. The van der Waals surface area contributed by atoms with Gasteiger partial charge in [0.15, 0.2) is 0 Å². The monoisotopic (exact) mass is 350 g/mol. The summed E-state index contributed by atoms with van der Waals surface area (Å²) in [6.45, 7) is 5.81. The van der Waals surface area contributed by atoms with Crippen LogP contribution < -0.4 is 0 Å². The van der Waals surface area contributed by atoms with Gasteiger partial charge in [-0.1, -0.05) is 23.8 Å². The van der Waals surface area contributed by atoms with Crippen molar-refractivity contribution in [1.82, 2.24) is 9.80 Å². The fraction of sp³-hybridized carbons (Fsp3) is 0.333. The van der Waals surface area contributed by atoms with E-state index in [4.69, 9.17) is 4.42 Å². The van der Waals surface area contributed by atoms with Crippen molar-refractivity contribution >= 4 is 17.4 Å². The molecule has 134 valence electrons. The summed E-state index contributed by atoms with van der Waals surface area (Å²) >= 11 is 0. The molecule has 2 aliphatic heterocycles. The van der Waals surface area contributed by atoms with E-state index in [1.165, 1.54) is 4.90 Å². The van der Waals surface area contributed by atoms with E-state index in [9.17, 15) is 9.59 Å². The zero-order valence-electron chi connectivity index (χ0n) is 15.1. The molecule has 0 saturated carbocycles. The van der Waals surface area contributed by atoms with Crippen LogP contribution in [0.1, 0.15) is 35.3 Å². The van der Waals surface area contributed by atoms with Gasteiger partial charge in [-0.05, 0) is 49.9 Å². The second kappa shape index (κ2) is 6.48. The van der Waals surface area contributed by atoms with Gasteiger partial charge in [-0.25, -0.2) is 0 Å². The molecule has 1 fully saturated rings. The number of hydrogen-bond acceptors (Lipinski definition) is 4. The van der Waals surface area contributed by atoms with Crippen LogP contribution in [0, 0.1) is 13.8 Å². The second-order valence-corrected chi connectivity index (χ2v) is 7.01. The molecule has 0 N–H and O–H groups in total. The van der Waals surface area contributed by atoms with Crippen LogP contribution in [0.25, 0.3) is 5.57 Å². The summed E-state index contributed by atoms with van der Waals surface area (Å²) in [4.78, 5) is 29.8. The van der Waals surface area contributed by atoms with E-state index in [1.54, 1.807) is 18.4 Å². The number of rotatable bonds is 4. The number of likely N-dealkylation sites (tertiary alicyclic amines) is 1. The van der Waals surface area contributed by atoms with Crippen molar-refractivity contribution in [3.8, 4) is 0 Å². The molecule has 0 bridgehead atoms. The summed E-state index contributed by atoms with van der Waals surface area (Å²) in [6, 6.07) is 9.55. The highest BCUT2D eigenvalue weighted by Crippen LogP contribution is 2.35. The molecule has 1 aromatic carbocycles. The Hall–Kier alpha value is -2.82. The third-order valence-corrected chi connectivity index (χ3v) is 5.11. The van der Waals surface area contributed by atoms with Crippen LogP contribution in [-0.2, 0) is 16.1 Å². The Morgan fingerprint density at radius 2 is 1.81 bits per heavy atom. The molecule has 26 heavy (non-hydrogen) atoms. The minimum absolute atomic E-state index is 0.163. The molecule has 2 aliphatic rings. The van der Waals surface area contributed by atoms with Gasteiger partial charge in [0.1, 0.15) is 11.5 Å². The van der Waals surface area contributed by atoms with Gasteiger partial charge in [0, 0.05) is 13.1 Å². The molecule has 0 unspecified atom stereocenters. The molecular weight excluding hydrogens is 328 g/mol. The molecule has 5 nitrogen and oxygen atoms in total. The first-order chi connectivity index (χ1) is 12.6. The minimum atomic E-state index is -0.236. The van der Waals surface area contributed by atoms with Crippen LogP contribution in [0.4, 0.5) is 0 Å². The number of carbonyl (C=O) groups excluding carboxylic acids is 2. The first-order valence-corrected chi connectivity index (χ1v) is 9.01. The van der Waals surface area contributed by atoms with Gasteiger partial charge in [0.05, 0.1) is 18.4 Å². The van der Waals surface area contributed by atoms with Gasteiger partial charge in [0.25, 0.3) is 11.8 Å². The van der Waals surface area contributed by atoms with Crippen molar-refractivity contribution in [3.63, 3.8) is 0 Å². The van der Waals surface area contributed by atoms with Crippen molar-refractivity contribution in [1.29, 1.82) is 0 Å². The van der Waals surface area contributed by atoms with E-state index >= 15 is 0 Å². The molecule has 0 spiro atoms. The van der Waals surface area contributed by atoms with Crippen molar-refractivity contribution in [2.75, 3.05) is 13.1 Å². The summed E-state index contributed by atoms with van der Waals surface area (Å²) in [7, 11) is 0. The molecule has 2 amide bonds. The van der Waals surface area contributed by atoms with Gasteiger partial charge < -0.3 is 9.32 Å². The quantitative estimate of drug-likeness (QED) is 0.794. The highest BCUT2D eigenvalue weighted by atomic mass is 16.3. The Balaban J connectivity index is 1.79. The van der Waals surface area contributed by atoms with E-state index < -0.39 is 0 Å². The highest BCUT2D eigenvalue weighted by Gasteiger charge is 2.42. The van der Waals surface area contributed by atoms with E-state index in [1.807, 2.05) is 26.0 Å². The fourth-order valence-electron chi connectivity index (χ4n) is 3.84. The maximum absolute atomic E-state index is 13.2. The standard InChI is InChI=1S/C21H22N2O3/c1-14-7-8-17(15(2)12-14)18-19(22-9-3-4-10-22)21(25)23(20(18)24)13-16-6-5-11-26-16/h5-8,11-12H,3-4,9-10,13H2,1-2H3. The highest BCUT2D eigenvalue weighted by molar-refractivity contribution is 6.35. The van der Waals surface area contributed by atoms with Crippen molar-refractivity contribution in [2.24, 2.45) is 0 Å². The predicted molar refractivity (Wildman–Crippen MR) is 97.9 cm³/mol. The van der Waals surface area contributed by atoms with Crippen molar-refractivity contribution in [2.45, 2.75) is 33.2 Å². The van der Waals surface area contributed by atoms with E-state index in [-0.39, 0.29) is 18.4 Å². The zero-order chi connectivity index (χ0) is 18.3. The Morgan fingerprint density at radius 1 is 1.04 bits per heavy atom.